The number of carbonyl (C=O) groups excluding carboxylic acids is 3. The number of hydrogen-bond donors (Lipinski definition) is 4. The van der Waals surface area contributed by atoms with Crippen LogP contribution in [0.2, 0.25) is 0 Å². The van der Waals surface area contributed by atoms with Crippen LogP contribution in [0.25, 0.3) is 6.08 Å². The van der Waals surface area contributed by atoms with Gasteiger partial charge in [-0.15, -0.1) is 0 Å². The van der Waals surface area contributed by atoms with Crippen LogP contribution in [0.3, 0.4) is 0 Å². The molecular weight excluding hydrogens is 999 g/mol. The number of rotatable bonds is 42. The average molecular weight is 1070 g/mol. The Balaban J connectivity index is 0.993. The van der Waals surface area contributed by atoms with Crippen LogP contribution in [0.4, 0.5) is 28.0 Å². The van der Waals surface area contributed by atoms with E-state index in [1.54, 1.807) is 17.0 Å². The molecule has 0 aromatic heterocycles. The zero-order chi connectivity index (χ0) is 52.9. The van der Waals surface area contributed by atoms with Crippen LogP contribution in [-0.4, -0.2) is 196 Å². The number of aliphatic imine (C=N–C) groups is 1. The number of nitrogens with zero attached hydrogens (tertiary/aromatic N) is 2. The van der Waals surface area contributed by atoms with E-state index in [1.165, 1.54) is 12.1 Å². The highest BCUT2D eigenvalue weighted by Crippen LogP contribution is 2.30. The summed E-state index contributed by atoms with van der Waals surface area (Å²) >= 11 is -2.17. The maximum atomic E-state index is 13.6. The molecule has 1 aliphatic heterocycles. The van der Waals surface area contributed by atoms with E-state index in [0.717, 1.165) is 6.42 Å². The van der Waals surface area contributed by atoms with Gasteiger partial charge in [0.15, 0.2) is 22.7 Å². The van der Waals surface area contributed by atoms with Crippen molar-refractivity contribution in [3.8, 4) is 5.75 Å². The Morgan fingerprint density at radius 1 is 0.658 bits per heavy atom. The van der Waals surface area contributed by atoms with Gasteiger partial charge in [0.25, 0.3) is 0 Å². The standard InChI is InChI=1S/C47H69F4N5O16S/c1-2-9-56(46(58)36-31-35-4-5-37(73(60)61)33-40(35)55-41(52)32-36)10-3-7-53-47(59)54-8-12-63-14-16-65-18-20-67-22-24-69-26-28-71-30-29-70-27-25-68-23-21-66-19-17-64-15-13-62-11-6-42(57)72-45-43(50)38(48)34-39(49)44(45)51/h4-5,31,33-34H,2-3,6-30,32H2,1H3,(H2,52,55)(H,60,61)(H2,53,54,59). The molecule has 0 aliphatic carbocycles. The number of carbonyl (C=O) groups is 3. The van der Waals surface area contributed by atoms with E-state index in [2.05, 4.69) is 20.4 Å². The van der Waals surface area contributed by atoms with Crippen LogP contribution in [0, 0.1) is 23.3 Å². The number of benzene rings is 2. The molecule has 2 aromatic rings. The lowest BCUT2D eigenvalue weighted by molar-refractivity contribution is -0.136. The fourth-order valence-corrected chi connectivity index (χ4v) is 6.61. The van der Waals surface area contributed by atoms with Crippen molar-refractivity contribution in [3.63, 3.8) is 0 Å². The summed E-state index contributed by atoms with van der Waals surface area (Å²) in [7, 11) is 0. The average Bonchev–Trinajstić information content (AvgIpc) is 3.54. The molecular formula is C47H69F4N5O16S. The van der Waals surface area contributed by atoms with E-state index in [-0.39, 0.29) is 61.6 Å². The minimum absolute atomic E-state index is 0.0119. The smallest absolute Gasteiger partial charge is 0.314 e. The van der Waals surface area contributed by atoms with Crippen molar-refractivity contribution in [2.75, 3.05) is 158 Å². The molecule has 1 heterocycles. The molecule has 1 unspecified atom stereocenters. The topological polar surface area (TPSA) is 256 Å². The number of nitrogens with two attached hydrogens (primary N) is 1. The summed E-state index contributed by atoms with van der Waals surface area (Å²) in [5.74, 6) is -9.50. The zero-order valence-corrected chi connectivity index (χ0v) is 42.0. The number of halogens is 4. The third-order valence-corrected chi connectivity index (χ3v) is 10.4. The van der Waals surface area contributed by atoms with Crippen molar-refractivity contribution in [1.29, 1.82) is 0 Å². The molecule has 3 rings (SSSR count). The van der Waals surface area contributed by atoms with Gasteiger partial charge in [-0.1, -0.05) is 13.0 Å². The quantitative estimate of drug-likeness (QED) is 0.0185. The number of hydrogen-bond acceptors (Lipinski definition) is 17. The summed E-state index contributed by atoms with van der Waals surface area (Å²) in [6.07, 6.45) is 2.72. The Morgan fingerprint density at radius 3 is 1.58 bits per heavy atom. The fourth-order valence-electron chi connectivity index (χ4n) is 6.22. The fraction of sp³-hybridized carbons (Fsp3) is 0.617. The van der Waals surface area contributed by atoms with Crippen molar-refractivity contribution in [2.45, 2.75) is 37.5 Å². The van der Waals surface area contributed by atoms with E-state index < -0.39 is 52.5 Å². The second kappa shape index (κ2) is 38.8. The lowest BCUT2D eigenvalue weighted by atomic mass is 10.1. The monoisotopic (exact) mass is 1070 g/mol. The van der Waals surface area contributed by atoms with E-state index in [9.17, 15) is 40.7 Å². The van der Waals surface area contributed by atoms with E-state index in [4.69, 9.17) is 53.1 Å². The van der Waals surface area contributed by atoms with Crippen LogP contribution < -0.4 is 21.1 Å². The van der Waals surface area contributed by atoms with Gasteiger partial charge in [-0.05, 0) is 31.1 Å². The highest BCUT2D eigenvalue weighted by molar-refractivity contribution is 7.79. The highest BCUT2D eigenvalue weighted by atomic mass is 32.2. The van der Waals surface area contributed by atoms with Gasteiger partial charge in [-0.3, -0.25) is 9.59 Å². The first-order valence-corrected chi connectivity index (χ1v) is 24.9. The minimum atomic E-state index is -2.17. The number of esters is 1. The van der Waals surface area contributed by atoms with Crippen LogP contribution >= 0.6 is 0 Å². The van der Waals surface area contributed by atoms with Crippen LogP contribution in [-0.2, 0) is 68.0 Å². The molecule has 3 amide bonds. The normalized spacial score (nSPS) is 12.7. The second-order valence-electron chi connectivity index (χ2n) is 15.4. The molecule has 73 heavy (non-hydrogen) atoms. The number of amidine groups is 1. The second-order valence-corrected chi connectivity index (χ2v) is 16.4. The Hall–Kier alpha value is -4.71. The number of ether oxygens (including phenoxy) is 11. The summed E-state index contributed by atoms with van der Waals surface area (Å²) in [5, 5.41) is 5.53. The number of urea groups is 1. The van der Waals surface area contributed by atoms with E-state index >= 15 is 0 Å². The van der Waals surface area contributed by atoms with Crippen LogP contribution in [0.1, 0.15) is 38.2 Å². The SMILES string of the molecule is CCCN(CCCNC(=O)NCCOCCOCCOCCOCCOCCOCCOCCOCCOCCOCCC(=O)Oc1c(F)c(F)cc(F)c1F)C(=O)C1=Cc2ccc(S(=O)O)cc2N=C(N)C1. The molecule has 0 saturated carbocycles. The molecule has 0 spiro atoms. The Bertz CT molecular complexity index is 2000. The predicted molar refractivity (Wildman–Crippen MR) is 257 cm³/mol. The lowest BCUT2D eigenvalue weighted by Gasteiger charge is -2.23. The Kier molecular flexibility index (Phi) is 33.3. The Morgan fingerprint density at radius 2 is 1.11 bits per heavy atom. The first-order chi connectivity index (χ1) is 35.4. The zero-order valence-electron chi connectivity index (χ0n) is 41.1. The molecule has 0 bridgehead atoms. The predicted octanol–water partition coefficient (Wildman–Crippen LogP) is 3.69. The summed E-state index contributed by atoms with van der Waals surface area (Å²) in [6.45, 7) is 10.1. The summed E-state index contributed by atoms with van der Waals surface area (Å²) < 4.78 is 133. The number of amides is 3. The summed E-state index contributed by atoms with van der Waals surface area (Å²) in [6, 6.07) is 4.30. The maximum Gasteiger partial charge on any atom is 0.314 e. The maximum absolute atomic E-state index is 13.6. The minimum Gasteiger partial charge on any atom is -0.420 e. The van der Waals surface area contributed by atoms with Gasteiger partial charge in [0.2, 0.25) is 23.3 Å². The third-order valence-electron chi connectivity index (χ3n) is 9.73. The van der Waals surface area contributed by atoms with Crippen LogP contribution in [0.5, 0.6) is 5.75 Å². The van der Waals surface area contributed by atoms with Crippen molar-refractivity contribution in [3.05, 3.63) is 58.7 Å². The molecule has 5 N–H and O–H groups in total. The molecule has 21 nitrogen and oxygen atoms in total. The van der Waals surface area contributed by atoms with Gasteiger partial charge in [-0.2, -0.15) is 8.78 Å². The van der Waals surface area contributed by atoms with Gasteiger partial charge in [-0.25, -0.2) is 22.8 Å². The van der Waals surface area contributed by atoms with Crippen molar-refractivity contribution in [1.82, 2.24) is 15.5 Å². The first kappa shape index (κ1) is 62.6. The van der Waals surface area contributed by atoms with Crippen molar-refractivity contribution < 1.29 is 92.8 Å². The molecule has 0 saturated heterocycles. The first-order valence-electron chi connectivity index (χ1n) is 23.8. The van der Waals surface area contributed by atoms with Gasteiger partial charge in [0.1, 0.15) is 5.84 Å². The molecule has 2 aromatic carbocycles. The number of fused-ring (bicyclic) bond motifs is 1. The van der Waals surface area contributed by atoms with E-state index in [1.807, 2.05) is 6.92 Å². The molecule has 1 atom stereocenters. The highest BCUT2D eigenvalue weighted by Gasteiger charge is 2.24. The molecule has 0 fully saturated rings. The lowest BCUT2D eigenvalue weighted by Crippen LogP contribution is -2.40. The van der Waals surface area contributed by atoms with Crippen molar-refractivity contribution >= 4 is 46.6 Å². The van der Waals surface area contributed by atoms with Crippen LogP contribution in [0.15, 0.2) is 39.7 Å². The van der Waals surface area contributed by atoms with Gasteiger partial charge < -0.3 is 77.9 Å². The molecule has 1 aliphatic rings. The summed E-state index contributed by atoms with van der Waals surface area (Å²) in [4.78, 5) is 43.7. The van der Waals surface area contributed by atoms with Gasteiger partial charge in [0, 0.05) is 49.8 Å². The number of nitrogens with one attached hydrogen (secondary N) is 2. The Labute approximate surface area is 424 Å². The largest absolute Gasteiger partial charge is 0.420 e. The van der Waals surface area contributed by atoms with Gasteiger partial charge in [0.05, 0.1) is 149 Å². The van der Waals surface area contributed by atoms with E-state index in [0.29, 0.717) is 155 Å². The third kappa shape index (κ3) is 27.4. The molecule has 412 valence electrons. The van der Waals surface area contributed by atoms with Gasteiger partial charge >= 0.3 is 12.0 Å². The molecule has 0 radical (unpaired) electrons. The summed E-state index contributed by atoms with van der Waals surface area (Å²) in [5.41, 5.74) is 7.61. The molecule has 26 heteroatoms. The van der Waals surface area contributed by atoms with Crippen molar-refractivity contribution in [2.24, 2.45) is 10.7 Å².